The zero-order valence-corrected chi connectivity index (χ0v) is 12.6. The monoisotopic (exact) mass is 302 g/mol. The number of carboxylic acid groups (broad SMARTS) is 1. The molecule has 2 N–H and O–H groups in total. The van der Waals surface area contributed by atoms with Crippen molar-refractivity contribution in [2.24, 2.45) is 5.92 Å². The highest BCUT2D eigenvalue weighted by molar-refractivity contribution is 5.87. The van der Waals surface area contributed by atoms with Crippen LogP contribution in [0.1, 0.15) is 32.1 Å². The lowest BCUT2D eigenvalue weighted by molar-refractivity contribution is -0.149. The molecule has 2 aliphatic rings. The second-order valence-corrected chi connectivity index (χ2v) is 6.22. The average Bonchev–Trinajstić information content (AvgIpc) is 2.93. The standard InChI is InChI=1S/C17H22N2O3/c20-16(11-18-13-7-2-1-3-8-13)19-14-9-5-4-6-12(14)10-15(19)17(21)22/h1-3,7-8,12,14-15,18H,4-6,9-11H2,(H,21,22). The Morgan fingerprint density at radius 2 is 1.91 bits per heavy atom. The summed E-state index contributed by atoms with van der Waals surface area (Å²) in [6.07, 6.45) is 4.83. The second-order valence-electron chi connectivity index (χ2n) is 6.22. The summed E-state index contributed by atoms with van der Waals surface area (Å²) in [5.74, 6) is -0.622. The molecule has 0 spiro atoms. The molecule has 5 nitrogen and oxygen atoms in total. The van der Waals surface area contributed by atoms with Gasteiger partial charge in [-0.25, -0.2) is 4.79 Å². The lowest BCUT2D eigenvalue weighted by atomic mass is 9.85. The first-order valence-electron chi connectivity index (χ1n) is 7.99. The van der Waals surface area contributed by atoms with E-state index in [4.69, 9.17) is 0 Å². The van der Waals surface area contributed by atoms with E-state index in [0.717, 1.165) is 31.4 Å². The molecular formula is C17H22N2O3. The third kappa shape index (κ3) is 2.93. The Morgan fingerprint density at radius 3 is 2.64 bits per heavy atom. The minimum Gasteiger partial charge on any atom is -0.480 e. The van der Waals surface area contributed by atoms with Gasteiger partial charge in [0.15, 0.2) is 0 Å². The number of nitrogens with zero attached hydrogens (tertiary/aromatic N) is 1. The fraction of sp³-hybridized carbons (Fsp3) is 0.529. The van der Waals surface area contributed by atoms with Crippen LogP contribution in [0.4, 0.5) is 5.69 Å². The third-order valence-corrected chi connectivity index (χ3v) is 4.88. The van der Waals surface area contributed by atoms with Crippen molar-refractivity contribution < 1.29 is 14.7 Å². The molecule has 1 saturated heterocycles. The molecule has 1 aromatic carbocycles. The summed E-state index contributed by atoms with van der Waals surface area (Å²) in [6.45, 7) is 0.150. The first-order valence-corrected chi connectivity index (χ1v) is 7.99. The summed E-state index contributed by atoms with van der Waals surface area (Å²) in [6, 6.07) is 8.98. The van der Waals surface area contributed by atoms with Gasteiger partial charge in [-0.15, -0.1) is 0 Å². The van der Waals surface area contributed by atoms with Gasteiger partial charge in [-0.1, -0.05) is 31.0 Å². The van der Waals surface area contributed by atoms with Crippen LogP contribution in [0.2, 0.25) is 0 Å². The van der Waals surface area contributed by atoms with E-state index in [9.17, 15) is 14.7 Å². The van der Waals surface area contributed by atoms with Crippen molar-refractivity contribution in [3.05, 3.63) is 30.3 Å². The number of carboxylic acids is 1. The molecule has 118 valence electrons. The van der Waals surface area contributed by atoms with Crippen LogP contribution in [-0.4, -0.2) is 40.5 Å². The minimum absolute atomic E-state index is 0.106. The number of aliphatic carboxylic acids is 1. The lowest BCUT2D eigenvalue weighted by Crippen LogP contribution is -2.48. The van der Waals surface area contributed by atoms with Crippen LogP contribution in [-0.2, 0) is 9.59 Å². The molecular weight excluding hydrogens is 280 g/mol. The highest BCUT2D eigenvalue weighted by atomic mass is 16.4. The van der Waals surface area contributed by atoms with Crippen molar-refractivity contribution in [1.29, 1.82) is 0 Å². The molecule has 3 unspecified atom stereocenters. The molecule has 0 radical (unpaired) electrons. The molecule has 1 aliphatic carbocycles. The maximum atomic E-state index is 12.6. The molecule has 1 aliphatic heterocycles. The summed E-state index contributed by atoms with van der Waals surface area (Å²) >= 11 is 0. The third-order valence-electron chi connectivity index (χ3n) is 4.88. The highest BCUT2D eigenvalue weighted by Crippen LogP contribution is 2.39. The van der Waals surface area contributed by atoms with E-state index < -0.39 is 12.0 Å². The van der Waals surface area contributed by atoms with Crippen LogP contribution in [0.5, 0.6) is 0 Å². The van der Waals surface area contributed by atoms with E-state index in [1.54, 1.807) is 4.90 Å². The zero-order chi connectivity index (χ0) is 15.5. The van der Waals surface area contributed by atoms with Gasteiger partial charge in [0.25, 0.3) is 0 Å². The van der Waals surface area contributed by atoms with Gasteiger partial charge in [-0.05, 0) is 37.3 Å². The number of benzene rings is 1. The quantitative estimate of drug-likeness (QED) is 0.895. The smallest absolute Gasteiger partial charge is 0.326 e. The van der Waals surface area contributed by atoms with Crippen molar-refractivity contribution in [3.63, 3.8) is 0 Å². The van der Waals surface area contributed by atoms with Crippen LogP contribution in [0.15, 0.2) is 30.3 Å². The molecule has 2 fully saturated rings. The first kappa shape index (κ1) is 14.9. The van der Waals surface area contributed by atoms with Gasteiger partial charge in [0.05, 0.1) is 6.54 Å². The van der Waals surface area contributed by atoms with E-state index in [0.29, 0.717) is 12.3 Å². The Kier molecular flexibility index (Phi) is 4.32. The number of anilines is 1. The average molecular weight is 302 g/mol. The van der Waals surface area contributed by atoms with E-state index >= 15 is 0 Å². The van der Waals surface area contributed by atoms with Crippen molar-refractivity contribution in [3.8, 4) is 0 Å². The lowest BCUT2D eigenvalue weighted by Gasteiger charge is -2.33. The zero-order valence-electron chi connectivity index (χ0n) is 12.6. The van der Waals surface area contributed by atoms with E-state index in [1.807, 2.05) is 30.3 Å². The fourth-order valence-electron chi connectivity index (χ4n) is 3.86. The molecule has 0 aromatic heterocycles. The van der Waals surface area contributed by atoms with Gasteiger partial charge in [-0.2, -0.15) is 0 Å². The molecule has 5 heteroatoms. The molecule has 3 atom stereocenters. The topological polar surface area (TPSA) is 69.6 Å². The fourth-order valence-corrected chi connectivity index (χ4v) is 3.86. The van der Waals surface area contributed by atoms with Gasteiger partial charge in [0.2, 0.25) is 5.91 Å². The molecule has 1 heterocycles. The minimum atomic E-state index is -0.873. The SMILES string of the molecule is O=C(O)C1CC2CCCCC2N1C(=O)CNc1ccccc1. The number of fused-ring (bicyclic) bond motifs is 1. The number of hydrogen-bond acceptors (Lipinski definition) is 3. The number of rotatable bonds is 4. The predicted octanol–water partition coefficient (Wildman–Crippen LogP) is 2.34. The number of carbonyl (C=O) groups excluding carboxylic acids is 1. The number of nitrogens with one attached hydrogen (secondary N) is 1. The van der Waals surface area contributed by atoms with Crippen molar-refractivity contribution >= 4 is 17.6 Å². The maximum Gasteiger partial charge on any atom is 0.326 e. The molecule has 1 aromatic rings. The van der Waals surface area contributed by atoms with Gasteiger partial charge in [-0.3, -0.25) is 4.79 Å². The normalized spacial score (nSPS) is 27.3. The summed E-state index contributed by atoms with van der Waals surface area (Å²) < 4.78 is 0. The molecule has 22 heavy (non-hydrogen) atoms. The maximum absolute atomic E-state index is 12.6. The Balaban J connectivity index is 1.69. The Hall–Kier alpha value is -2.04. The summed E-state index contributed by atoms with van der Waals surface area (Å²) in [5, 5.41) is 12.5. The van der Waals surface area contributed by atoms with Crippen molar-refractivity contribution in [1.82, 2.24) is 4.90 Å². The summed E-state index contributed by atoms with van der Waals surface area (Å²) in [4.78, 5) is 25.7. The van der Waals surface area contributed by atoms with Crippen LogP contribution in [0.25, 0.3) is 0 Å². The van der Waals surface area contributed by atoms with Gasteiger partial charge < -0.3 is 15.3 Å². The molecule has 1 saturated carbocycles. The Labute approximate surface area is 130 Å². The molecule has 3 rings (SSSR count). The van der Waals surface area contributed by atoms with Crippen LogP contribution < -0.4 is 5.32 Å². The first-order chi connectivity index (χ1) is 10.7. The number of amides is 1. The van der Waals surface area contributed by atoms with E-state index in [-0.39, 0.29) is 18.5 Å². The number of hydrogen-bond donors (Lipinski definition) is 2. The Bertz CT molecular complexity index is 546. The predicted molar refractivity (Wildman–Crippen MR) is 83.6 cm³/mol. The van der Waals surface area contributed by atoms with Crippen molar-refractivity contribution in [2.45, 2.75) is 44.2 Å². The molecule has 1 amide bonds. The number of likely N-dealkylation sites (tertiary alicyclic amines) is 1. The van der Waals surface area contributed by atoms with Crippen molar-refractivity contribution in [2.75, 3.05) is 11.9 Å². The Morgan fingerprint density at radius 1 is 1.18 bits per heavy atom. The van der Waals surface area contributed by atoms with Crippen LogP contribution >= 0.6 is 0 Å². The van der Waals surface area contributed by atoms with E-state index in [2.05, 4.69) is 5.32 Å². The van der Waals surface area contributed by atoms with Gasteiger partial charge >= 0.3 is 5.97 Å². The molecule has 0 bridgehead atoms. The van der Waals surface area contributed by atoms with Gasteiger partial charge in [0.1, 0.15) is 6.04 Å². The van der Waals surface area contributed by atoms with Crippen LogP contribution in [0.3, 0.4) is 0 Å². The largest absolute Gasteiger partial charge is 0.480 e. The van der Waals surface area contributed by atoms with Gasteiger partial charge in [0, 0.05) is 11.7 Å². The van der Waals surface area contributed by atoms with Crippen LogP contribution in [0, 0.1) is 5.92 Å². The highest BCUT2D eigenvalue weighted by Gasteiger charge is 2.47. The number of para-hydroxylation sites is 1. The van der Waals surface area contributed by atoms with E-state index in [1.165, 1.54) is 0 Å². The summed E-state index contributed by atoms with van der Waals surface area (Å²) in [5.41, 5.74) is 0.877. The summed E-state index contributed by atoms with van der Waals surface area (Å²) in [7, 11) is 0. The second kappa shape index (κ2) is 6.38. The number of carbonyl (C=O) groups is 2.